The van der Waals surface area contributed by atoms with Crippen LogP contribution in [-0.4, -0.2) is 17.6 Å². The lowest BCUT2D eigenvalue weighted by molar-refractivity contribution is 0.0955. The van der Waals surface area contributed by atoms with Gasteiger partial charge >= 0.3 is 0 Å². The standard InChI is InChI=1S/C16H17NO2S2/c1-2-13-6-7-14(21-13)11-17-16(19)15-12(8-10-20-15)5-3-4-9-18/h6-8,10,18H,2,4,9,11H2,1H3,(H,17,19). The molecule has 0 atom stereocenters. The second-order valence-corrected chi connectivity index (χ2v) is 6.51. The number of carbonyl (C=O) groups excluding carboxylic acids is 1. The van der Waals surface area contributed by atoms with Crippen LogP contribution in [-0.2, 0) is 13.0 Å². The van der Waals surface area contributed by atoms with Crippen LogP contribution < -0.4 is 5.32 Å². The highest BCUT2D eigenvalue weighted by Gasteiger charge is 2.12. The first kappa shape index (κ1) is 15.8. The Morgan fingerprint density at radius 2 is 2.14 bits per heavy atom. The smallest absolute Gasteiger partial charge is 0.262 e. The quantitative estimate of drug-likeness (QED) is 0.832. The molecule has 0 radical (unpaired) electrons. The third kappa shape index (κ3) is 4.43. The molecule has 0 aliphatic rings. The topological polar surface area (TPSA) is 49.3 Å². The van der Waals surface area contributed by atoms with E-state index >= 15 is 0 Å². The maximum Gasteiger partial charge on any atom is 0.262 e. The number of aliphatic hydroxyl groups excluding tert-OH is 1. The van der Waals surface area contributed by atoms with Crippen molar-refractivity contribution in [2.75, 3.05) is 6.61 Å². The molecule has 0 aliphatic heterocycles. The van der Waals surface area contributed by atoms with Gasteiger partial charge in [0.1, 0.15) is 4.88 Å². The van der Waals surface area contributed by atoms with E-state index in [9.17, 15) is 4.79 Å². The minimum atomic E-state index is -0.0928. The molecule has 0 fully saturated rings. The molecular formula is C16H17NO2S2. The van der Waals surface area contributed by atoms with Gasteiger partial charge in [0.15, 0.2) is 0 Å². The Kier molecular flexibility index (Phi) is 6.00. The zero-order chi connectivity index (χ0) is 15.1. The predicted octanol–water partition coefficient (Wildman–Crippen LogP) is 3.04. The molecule has 0 spiro atoms. The number of nitrogens with one attached hydrogen (secondary N) is 1. The summed E-state index contributed by atoms with van der Waals surface area (Å²) in [5.74, 6) is 5.68. The highest BCUT2D eigenvalue weighted by Crippen LogP contribution is 2.18. The lowest BCUT2D eigenvalue weighted by Gasteiger charge is -2.02. The van der Waals surface area contributed by atoms with Crippen LogP contribution in [0.5, 0.6) is 0 Å². The highest BCUT2D eigenvalue weighted by atomic mass is 32.1. The minimum Gasteiger partial charge on any atom is -0.395 e. The third-order valence-corrected chi connectivity index (χ3v) is 4.96. The Morgan fingerprint density at radius 3 is 2.86 bits per heavy atom. The van der Waals surface area contributed by atoms with Gasteiger partial charge in [-0.3, -0.25) is 4.79 Å². The van der Waals surface area contributed by atoms with Crippen LogP contribution in [0.4, 0.5) is 0 Å². The molecule has 110 valence electrons. The van der Waals surface area contributed by atoms with E-state index < -0.39 is 0 Å². The van der Waals surface area contributed by atoms with Gasteiger partial charge in [0.2, 0.25) is 0 Å². The van der Waals surface area contributed by atoms with E-state index in [0.29, 0.717) is 17.8 Å². The molecule has 0 saturated carbocycles. The summed E-state index contributed by atoms with van der Waals surface area (Å²) in [5, 5.41) is 13.5. The first-order valence-electron chi connectivity index (χ1n) is 6.77. The molecule has 0 bridgehead atoms. The van der Waals surface area contributed by atoms with E-state index in [4.69, 9.17) is 5.11 Å². The van der Waals surface area contributed by atoms with Crippen molar-refractivity contribution in [1.29, 1.82) is 0 Å². The van der Waals surface area contributed by atoms with Gasteiger partial charge < -0.3 is 10.4 Å². The van der Waals surface area contributed by atoms with E-state index in [-0.39, 0.29) is 12.5 Å². The fraction of sp³-hybridized carbons (Fsp3) is 0.312. The number of carbonyl (C=O) groups is 1. The van der Waals surface area contributed by atoms with E-state index in [2.05, 4.69) is 36.2 Å². The van der Waals surface area contributed by atoms with Crippen molar-refractivity contribution in [2.45, 2.75) is 26.3 Å². The Labute approximate surface area is 132 Å². The molecule has 0 unspecified atom stereocenters. The molecule has 2 heterocycles. The fourth-order valence-corrected chi connectivity index (χ4v) is 3.42. The average molecular weight is 319 g/mol. The Morgan fingerprint density at radius 1 is 1.33 bits per heavy atom. The average Bonchev–Trinajstić information content (AvgIpc) is 3.14. The molecule has 0 aromatic carbocycles. The van der Waals surface area contributed by atoms with Gasteiger partial charge in [0.25, 0.3) is 5.91 Å². The summed E-state index contributed by atoms with van der Waals surface area (Å²) in [7, 11) is 0. The SMILES string of the molecule is CCc1ccc(CNC(=O)c2sccc2C#CCCO)s1. The number of rotatable bonds is 5. The zero-order valence-electron chi connectivity index (χ0n) is 11.8. The molecule has 3 nitrogen and oxygen atoms in total. The van der Waals surface area contributed by atoms with Crippen molar-refractivity contribution in [3.63, 3.8) is 0 Å². The van der Waals surface area contributed by atoms with E-state index in [0.717, 1.165) is 16.9 Å². The van der Waals surface area contributed by atoms with Crippen LogP contribution in [0, 0.1) is 11.8 Å². The summed E-state index contributed by atoms with van der Waals surface area (Å²) < 4.78 is 0. The molecule has 2 N–H and O–H groups in total. The molecule has 0 aliphatic carbocycles. The monoisotopic (exact) mass is 319 g/mol. The first-order chi connectivity index (χ1) is 10.2. The minimum absolute atomic E-state index is 0.0385. The molecule has 0 saturated heterocycles. The van der Waals surface area contributed by atoms with Crippen LogP contribution in [0.25, 0.3) is 0 Å². The Hall–Kier alpha value is -1.61. The van der Waals surface area contributed by atoms with Crippen LogP contribution in [0.3, 0.4) is 0 Å². The van der Waals surface area contributed by atoms with Gasteiger partial charge in [-0.25, -0.2) is 0 Å². The van der Waals surface area contributed by atoms with Crippen molar-refractivity contribution in [3.8, 4) is 11.8 Å². The van der Waals surface area contributed by atoms with Crippen LogP contribution >= 0.6 is 22.7 Å². The maximum atomic E-state index is 12.2. The zero-order valence-corrected chi connectivity index (χ0v) is 13.4. The summed E-state index contributed by atoms with van der Waals surface area (Å²) in [6.07, 6.45) is 1.44. The number of aliphatic hydroxyl groups is 1. The number of amides is 1. The van der Waals surface area contributed by atoms with Gasteiger partial charge in [0, 0.05) is 21.7 Å². The molecule has 2 aromatic heterocycles. The summed E-state index contributed by atoms with van der Waals surface area (Å²) in [6, 6.07) is 5.99. The van der Waals surface area contributed by atoms with Crippen molar-refractivity contribution in [3.05, 3.63) is 43.8 Å². The lowest BCUT2D eigenvalue weighted by atomic mass is 10.2. The van der Waals surface area contributed by atoms with Gasteiger partial charge in [0.05, 0.1) is 13.2 Å². The van der Waals surface area contributed by atoms with Gasteiger partial charge in [-0.2, -0.15) is 0 Å². The summed E-state index contributed by atoms with van der Waals surface area (Å²) >= 11 is 3.11. The predicted molar refractivity (Wildman–Crippen MR) is 87.8 cm³/mol. The molecular weight excluding hydrogens is 302 g/mol. The molecule has 2 aromatic rings. The van der Waals surface area contributed by atoms with Gasteiger partial charge in [-0.15, -0.1) is 22.7 Å². The third-order valence-electron chi connectivity index (χ3n) is 2.82. The highest BCUT2D eigenvalue weighted by molar-refractivity contribution is 7.12. The first-order valence-corrected chi connectivity index (χ1v) is 8.47. The number of aryl methyl sites for hydroxylation is 1. The van der Waals surface area contributed by atoms with Gasteiger partial charge in [-0.05, 0) is 30.0 Å². The van der Waals surface area contributed by atoms with Gasteiger partial charge in [-0.1, -0.05) is 18.8 Å². The van der Waals surface area contributed by atoms with E-state index in [1.54, 1.807) is 11.3 Å². The van der Waals surface area contributed by atoms with Crippen molar-refractivity contribution in [2.24, 2.45) is 0 Å². The van der Waals surface area contributed by atoms with Crippen LogP contribution in [0.15, 0.2) is 23.6 Å². The van der Waals surface area contributed by atoms with E-state index in [1.807, 2.05) is 11.4 Å². The largest absolute Gasteiger partial charge is 0.395 e. The van der Waals surface area contributed by atoms with Crippen molar-refractivity contribution in [1.82, 2.24) is 5.32 Å². The summed E-state index contributed by atoms with van der Waals surface area (Å²) in [4.78, 5) is 15.3. The van der Waals surface area contributed by atoms with Crippen molar-refractivity contribution >= 4 is 28.6 Å². The number of hydrogen-bond acceptors (Lipinski definition) is 4. The van der Waals surface area contributed by atoms with Crippen LogP contribution in [0.2, 0.25) is 0 Å². The molecule has 2 rings (SSSR count). The van der Waals surface area contributed by atoms with Crippen molar-refractivity contribution < 1.29 is 9.90 Å². The second kappa shape index (κ2) is 7.99. The summed E-state index contributed by atoms with van der Waals surface area (Å²) in [5.41, 5.74) is 0.728. The Balaban J connectivity index is 1.97. The summed E-state index contributed by atoms with van der Waals surface area (Å²) in [6.45, 7) is 2.71. The number of thiophene rings is 2. The molecule has 5 heteroatoms. The number of hydrogen-bond donors (Lipinski definition) is 2. The lowest BCUT2D eigenvalue weighted by Crippen LogP contribution is -2.22. The normalized spacial score (nSPS) is 10.0. The van der Waals surface area contributed by atoms with Crippen LogP contribution in [0.1, 0.15) is 38.3 Å². The molecule has 21 heavy (non-hydrogen) atoms. The second-order valence-electron chi connectivity index (χ2n) is 4.34. The van der Waals surface area contributed by atoms with E-state index in [1.165, 1.54) is 16.2 Å². The fourth-order valence-electron chi connectivity index (χ4n) is 1.75. The molecule has 1 amide bonds. The maximum absolute atomic E-state index is 12.2. The Bertz CT molecular complexity index is 661.